The summed E-state index contributed by atoms with van der Waals surface area (Å²) < 4.78 is 12.6. The molecule has 2 aliphatic rings. The van der Waals surface area contributed by atoms with Gasteiger partial charge in [0.25, 0.3) is 0 Å². The predicted molar refractivity (Wildman–Crippen MR) is 103 cm³/mol. The van der Waals surface area contributed by atoms with Crippen molar-refractivity contribution in [2.45, 2.75) is 12.2 Å². The molecule has 2 fully saturated rings. The van der Waals surface area contributed by atoms with Crippen molar-refractivity contribution in [2.75, 3.05) is 37.7 Å². The summed E-state index contributed by atoms with van der Waals surface area (Å²) in [7, 11) is 0. The Morgan fingerprint density at radius 1 is 1.08 bits per heavy atom. The molecule has 0 aromatic heterocycles. The van der Waals surface area contributed by atoms with Gasteiger partial charge in [0.1, 0.15) is 6.10 Å². The number of morpholine rings is 1. The molecule has 2 aliphatic heterocycles. The zero-order chi connectivity index (χ0) is 17.9. The van der Waals surface area contributed by atoms with E-state index in [1.165, 1.54) is 5.56 Å². The van der Waals surface area contributed by atoms with E-state index in [0.717, 1.165) is 29.8 Å². The molecule has 0 N–H and O–H groups in total. The van der Waals surface area contributed by atoms with Crippen molar-refractivity contribution in [1.29, 1.82) is 0 Å². The number of carbonyl (C=O) groups is 1. The number of nitrogens with zero attached hydrogens (tertiary/aromatic N) is 2. The highest BCUT2D eigenvalue weighted by Crippen LogP contribution is 2.26. The van der Waals surface area contributed by atoms with Crippen LogP contribution in [-0.4, -0.2) is 49.9 Å². The third-order valence-electron chi connectivity index (χ3n) is 4.77. The van der Waals surface area contributed by atoms with Crippen LogP contribution in [0, 0.1) is 0 Å². The van der Waals surface area contributed by atoms with Crippen LogP contribution in [0.2, 0.25) is 0 Å². The van der Waals surface area contributed by atoms with E-state index in [-0.39, 0.29) is 18.3 Å². The Kier molecular flexibility index (Phi) is 5.24. The van der Waals surface area contributed by atoms with E-state index in [9.17, 15) is 4.79 Å². The molecule has 5 nitrogen and oxygen atoms in total. The number of rotatable bonds is 4. The summed E-state index contributed by atoms with van der Waals surface area (Å²) in [5.41, 5.74) is 2.05. The molecule has 2 unspecified atom stereocenters. The number of cyclic esters (lactones) is 1. The molecule has 4 rings (SSSR count). The number of amides is 1. The van der Waals surface area contributed by atoms with Crippen molar-refractivity contribution in [3.8, 4) is 0 Å². The van der Waals surface area contributed by atoms with Crippen LogP contribution in [0.15, 0.2) is 59.1 Å². The Morgan fingerprint density at radius 3 is 2.73 bits per heavy atom. The van der Waals surface area contributed by atoms with Crippen molar-refractivity contribution in [2.24, 2.45) is 0 Å². The van der Waals surface area contributed by atoms with E-state index in [0.29, 0.717) is 13.2 Å². The van der Waals surface area contributed by atoms with E-state index in [4.69, 9.17) is 9.47 Å². The van der Waals surface area contributed by atoms with Crippen LogP contribution in [-0.2, 0) is 9.47 Å². The summed E-state index contributed by atoms with van der Waals surface area (Å²) in [5.74, 6) is 0. The predicted octanol–water partition coefficient (Wildman–Crippen LogP) is 3.85. The Hall–Kier alpha value is -1.89. The number of anilines is 1. The topological polar surface area (TPSA) is 42.0 Å². The highest BCUT2D eigenvalue weighted by atomic mass is 79.9. The number of halogens is 1. The molecule has 2 aromatic carbocycles. The van der Waals surface area contributed by atoms with Gasteiger partial charge in [-0.25, -0.2) is 4.79 Å². The molecule has 0 bridgehead atoms. The fraction of sp³-hybridized carbons (Fsp3) is 0.350. The van der Waals surface area contributed by atoms with E-state index >= 15 is 0 Å². The van der Waals surface area contributed by atoms with E-state index in [1.807, 2.05) is 42.5 Å². The van der Waals surface area contributed by atoms with Gasteiger partial charge in [0.05, 0.1) is 19.3 Å². The number of para-hydroxylation sites is 1. The minimum absolute atomic E-state index is 0.0450. The van der Waals surface area contributed by atoms with Crippen LogP contribution in [0.3, 0.4) is 0 Å². The summed E-state index contributed by atoms with van der Waals surface area (Å²) in [6.45, 7) is 3.64. The molecule has 0 spiro atoms. The molecule has 136 valence electrons. The van der Waals surface area contributed by atoms with Crippen LogP contribution >= 0.6 is 15.9 Å². The number of benzene rings is 2. The normalized spacial score (nSPS) is 23.9. The average molecular weight is 417 g/mol. The van der Waals surface area contributed by atoms with Gasteiger partial charge in [-0.2, -0.15) is 0 Å². The first kappa shape index (κ1) is 17.5. The van der Waals surface area contributed by atoms with Crippen molar-refractivity contribution in [3.63, 3.8) is 0 Å². The van der Waals surface area contributed by atoms with Crippen molar-refractivity contribution < 1.29 is 14.3 Å². The van der Waals surface area contributed by atoms with E-state index in [1.54, 1.807) is 4.90 Å². The van der Waals surface area contributed by atoms with E-state index < -0.39 is 0 Å². The fourth-order valence-corrected chi connectivity index (χ4v) is 3.92. The molecule has 2 aromatic rings. The van der Waals surface area contributed by atoms with Crippen LogP contribution in [0.4, 0.5) is 10.5 Å². The van der Waals surface area contributed by atoms with E-state index in [2.05, 4.69) is 33.0 Å². The molecular formula is C20H21BrN2O3. The molecule has 6 heteroatoms. The monoisotopic (exact) mass is 416 g/mol. The third kappa shape index (κ3) is 3.92. The molecule has 1 amide bonds. The average Bonchev–Trinajstić information content (AvgIpc) is 3.03. The van der Waals surface area contributed by atoms with Crippen molar-refractivity contribution in [1.82, 2.24) is 4.90 Å². The minimum atomic E-state index is -0.266. The van der Waals surface area contributed by atoms with Crippen LogP contribution in [0.1, 0.15) is 11.7 Å². The lowest BCUT2D eigenvalue weighted by Crippen LogP contribution is -2.43. The second-order valence-electron chi connectivity index (χ2n) is 6.63. The van der Waals surface area contributed by atoms with Crippen LogP contribution < -0.4 is 4.90 Å². The summed E-state index contributed by atoms with van der Waals surface area (Å²) >= 11 is 3.52. The number of ether oxygens (including phenoxy) is 2. The molecule has 0 aliphatic carbocycles. The molecule has 2 saturated heterocycles. The second-order valence-corrected chi connectivity index (χ2v) is 7.54. The quantitative estimate of drug-likeness (QED) is 0.758. The molecule has 2 heterocycles. The van der Waals surface area contributed by atoms with Crippen molar-refractivity contribution in [3.05, 3.63) is 64.6 Å². The van der Waals surface area contributed by atoms with Gasteiger partial charge in [-0.05, 0) is 29.8 Å². The van der Waals surface area contributed by atoms with Gasteiger partial charge in [0.15, 0.2) is 0 Å². The highest BCUT2D eigenvalue weighted by Gasteiger charge is 2.34. The third-order valence-corrected chi connectivity index (χ3v) is 5.27. The number of carbonyl (C=O) groups excluding carboxylic acids is 1. The number of hydrogen-bond acceptors (Lipinski definition) is 4. The minimum Gasteiger partial charge on any atom is -0.443 e. The fourth-order valence-electron chi connectivity index (χ4n) is 3.50. The lowest BCUT2D eigenvalue weighted by atomic mass is 10.1. The molecule has 0 radical (unpaired) electrons. The maximum absolute atomic E-state index is 12.2. The SMILES string of the molecule is O=C1OC(CN2CCOC(c3cccc(Br)c3)C2)CN1c1ccccc1. The zero-order valence-corrected chi connectivity index (χ0v) is 16.0. The Balaban J connectivity index is 1.38. The Morgan fingerprint density at radius 2 is 1.92 bits per heavy atom. The first-order valence-electron chi connectivity index (χ1n) is 8.81. The largest absolute Gasteiger partial charge is 0.443 e. The molecule has 2 atom stereocenters. The zero-order valence-electron chi connectivity index (χ0n) is 14.4. The van der Waals surface area contributed by atoms with Gasteiger partial charge in [-0.3, -0.25) is 9.80 Å². The van der Waals surface area contributed by atoms with Crippen LogP contribution in [0.5, 0.6) is 0 Å². The van der Waals surface area contributed by atoms with Crippen LogP contribution in [0.25, 0.3) is 0 Å². The summed E-state index contributed by atoms with van der Waals surface area (Å²) in [6.07, 6.45) is -0.342. The summed E-state index contributed by atoms with van der Waals surface area (Å²) in [5, 5.41) is 0. The first-order valence-corrected chi connectivity index (χ1v) is 9.61. The second kappa shape index (κ2) is 7.78. The number of hydrogen-bond donors (Lipinski definition) is 0. The molecule has 26 heavy (non-hydrogen) atoms. The summed E-state index contributed by atoms with van der Waals surface area (Å²) in [6, 6.07) is 17.9. The molecular weight excluding hydrogens is 396 g/mol. The maximum atomic E-state index is 12.2. The summed E-state index contributed by atoms with van der Waals surface area (Å²) in [4.78, 5) is 16.2. The lowest BCUT2D eigenvalue weighted by Gasteiger charge is -2.34. The highest BCUT2D eigenvalue weighted by molar-refractivity contribution is 9.10. The maximum Gasteiger partial charge on any atom is 0.414 e. The smallest absolute Gasteiger partial charge is 0.414 e. The molecule has 0 saturated carbocycles. The van der Waals surface area contributed by atoms with Crippen molar-refractivity contribution >= 4 is 27.7 Å². The Labute approximate surface area is 161 Å². The Bertz CT molecular complexity index is 771. The first-order chi connectivity index (χ1) is 12.7. The lowest BCUT2D eigenvalue weighted by molar-refractivity contribution is -0.0395. The van der Waals surface area contributed by atoms with Gasteiger partial charge in [-0.15, -0.1) is 0 Å². The van der Waals surface area contributed by atoms with Gasteiger partial charge in [0, 0.05) is 29.8 Å². The van der Waals surface area contributed by atoms with Gasteiger partial charge >= 0.3 is 6.09 Å². The standard InChI is InChI=1S/C20H21BrN2O3/c21-16-6-4-5-15(11-16)19-14-22(9-10-25-19)12-18-13-23(20(24)26-18)17-7-2-1-3-8-17/h1-8,11,18-19H,9-10,12-14H2. The van der Waals surface area contributed by atoms with Gasteiger partial charge < -0.3 is 9.47 Å². The van der Waals surface area contributed by atoms with Gasteiger partial charge in [0.2, 0.25) is 0 Å². The van der Waals surface area contributed by atoms with Gasteiger partial charge in [-0.1, -0.05) is 46.3 Å².